The van der Waals surface area contributed by atoms with E-state index in [2.05, 4.69) is 42.7 Å². The summed E-state index contributed by atoms with van der Waals surface area (Å²) in [4.78, 5) is 14.7. The van der Waals surface area contributed by atoms with Crippen LogP contribution >= 0.6 is 11.6 Å². The first kappa shape index (κ1) is 17.2. The van der Waals surface area contributed by atoms with Crippen molar-refractivity contribution in [1.29, 1.82) is 0 Å². The number of hydrogen-bond donors (Lipinski definition) is 2. The quantitative estimate of drug-likeness (QED) is 0.566. The summed E-state index contributed by atoms with van der Waals surface area (Å²) in [5.74, 6) is -0.629. The van der Waals surface area contributed by atoms with Gasteiger partial charge < -0.3 is 15.2 Å². The van der Waals surface area contributed by atoms with Gasteiger partial charge in [0, 0.05) is 22.8 Å². The van der Waals surface area contributed by atoms with E-state index in [1.807, 2.05) is 0 Å². The van der Waals surface area contributed by atoms with Gasteiger partial charge in [0.15, 0.2) is 0 Å². The van der Waals surface area contributed by atoms with Crippen LogP contribution in [-0.2, 0) is 4.74 Å². The van der Waals surface area contributed by atoms with Gasteiger partial charge in [0.2, 0.25) is 6.29 Å². The smallest absolute Gasteiger partial charge is 0.344 e. The zero-order valence-corrected chi connectivity index (χ0v) is 14.2. The predicted octanol–water partition coefficient (Wildman–Crippen LogP) is 3.21. The van der Waals surface area contributed by atoms with Gasteiger partial charge in [-0.3, -0.25) is 0 Å². The summed E-state index contributed by atoms with van der Waals surface area (Å²) < 4.78 is 4.50. The second-order valence-electron chi connectivity index (χ2n) is 7.07. The third-order valence-corrected chi connectivity index (χ3v) is 4.19. The number of hydrogen-bond acceptors (Lipinski definition) is 5. The zero-order valence-electron chi connectivity index (χ0n) is 13.4. The van der Waals surface area contributed by atoms with Crippen LogP contribution in [0.3, 0.4) is 0 Å². The summed E-state index contributed by atoms with van der Waals surface area (Å²) in [5, 5.41) is 12.8. The molecule has 1 atom stereocenters. The van der Waals surface area contributed by atoms with E-state index >= 15 is 0 Å². The van der Waals surface area contributed by atoms with Crippen LogP contribution in [0.5, 0.6) is 0 Å². The first-order valence-electron chi connectivity index (χ1n) is 7.44. The third-order valence-electron chi connectivity index (χ3n) is 3.91. The number of rotatable bonds is 0. The normalized spacial score (nSPS) is 24.8. The highest BCUT2D eigenvalue weighted by atomic mass is 35.5. The molecule has 1 aromatic heterocycles. The number of ether oxygens (including phenoxy) is 1. The maximum atomic E-state index is 11.0. The number of carbonyl (C=O) groups excluding carboxylic acids is 1. The molecular weight excluding hydrogens is 304 g/mol. The highest BCUT2D eigenvalue weighted by Crippen LogP contribution is 2.31. The number of cyclic esters (lactones) is 1. The molecule has 1 saturated heterocycles. The number of aliphatic hydroxyl groups excluding tert-OH is 1. The van der Waals surface area contributed by atoms with E-state index < -0.39 is 12.3 Å². The fourth-order valence-electron chi connectivity index (χ4n) is 3.09. The molecule has 6 heteroatoms. The number of nitrogens with one attached hydrogen (secondary N) is 1. The minimum Gasteiger partial charge on any atom is -0.428 e. The van der Waals surface area contributed by atoms with Gasteiger partial charge in [0.05, 0.1) is 0 Å². The number of nitrogens with zero attached hydrogens (tertiary/aromatic N) is 1. The molecule has 1 aromatic rings. The van der Waals surface area contributed by atoms with Gasteiger partial charge in [-0.05, 0) is 53.0 Å². The molecule has 3 rings (SSSR count). The SMILES string of the molecule is CC1(C)CCCC(C)(C)N1.O=C1OC(O)c2ccnc(Cl)c21. The van der Waals surface area contributed by atoms with Crippen molar-refractivity contribution in [3.63, 3.8) is 0 Å². The van der Waals surface area contributed by atoms with E-state index in [9.17, 15) is 4.79 Å². The zero-order chi connectivity index (χ0) is 16.5. The Hall–Kier alpha value is -1.17. The monoisotopic (exact) mass is 326 g/mol. The number of carbonyl (C=O) groups is 1. The maximum Gasteiger partial charge on any atom is 0.344 e. The van der Waals surface area contributed by atoms with Crippen LogP contribution in [0.4, 0.5) is 0 Å². The number of fused-ring (bicyclic) bond motifs is 1. The van der Waals surface area contributed by atoms with Gasteiger partial charge in [0.25, 0.3) is 0 Å². The van der Waals surface area contributed by atoms with Crippen LogP contribution in [0.15, 0.2) is 12.3 Å². The fourth-order valence-corrected chi connectivity index (χ4v) is 3.34. The summed E-state index contributed by atoms with van der Waals surface area (Å²) in [6.45, 7) is 9.14. The highest BCUT2D eigenvalue weighted by molar-refractivity contribution is 6.32. The Morgan fingerprint density at radius 3 is 2.36 bits per heavy atom. The Morgan fingerprint density at radius 1 is 1.32 bits per heavy atom. The second kappa shape index (κ2) is 6.14. The molecule has 0 aromatic carbocycles. The van der Waals surface area contributed by atoms with Crippen molar-refractivity contribution in [3.05, 3.63) is 28.5 Å². The van der Waals surface area contributed by atoms with Crippen LogP contribution in [0, 0.1) is 0 Å². The predicted molar refractivity (Wildman–Crippen MR) is 84.8 cm³/mol. The molecule has 1 unspecified atom stereocenters. The van der Waals surface area contributed by atoms with Crippen LogP contribution in [-0.4, -0.2) is 27.1 Å². The van der Waals surface area contributed by atoms with Crippen molar-refractivity contribution in [3.8, 4) is 0 Å². The number of esters is 1. The summed E-state index contributed by atoms with van der Waals surface area (Å²) in [5.41, 5.74) is 1.26. The lowest BCUT2D eigenvalue weighted by Crippen LogP contribution is -2.55. The molecule has 5 nitrogen and oxygen atoms in total. The molecule has 2 N–H and O–H groups in total. The van der Waals surface area contributed by atoms with E-state index in [0.29, 0.717) is 16.6 Å². The maximum absolute atomic E-state index is 11.0. The highest BCUT2D eigenvalue weighted by Gasteiger charge is 2.32. The van der Waals surface area contributed by atoms with Crippen molar-refractivity contribution >= 4 is 17.6 Å². The van der Waals surface area contributed by atoms with E-state index in [0.717, 1.165) is 0 Å². The Labute approximate surface area is 136 Å². The Bertz CT molecular complexity index is 559. The Morgan fingerprint density at radius 2 is 1.91 bits per heavy atom. The largest absolute Gasteiger partial charge is 0.428 e. The van der Waals surface area contributed by atoms with Gasteiger partial charge in [0.1, 0.15) is 10.7 Å². The van der Waals surface area contributed by atoms with Gasteiger partial charge in [-0.2, -0.15) is 0 Å². The topological polar surface area (TPSA) is 71.5 Å². The summed E-state index contributed by atoms with van der Waals surface area (Å²) in [6, 6.07) is 1.50. The molecule has 0 saturated carbocycles. The van der Waals surface area contributed by atoms with Crippen LogP contribution in [0.2, 0.25) is 5.15 Å². The van der Waals surface area contributed by atoms with E-state index in [1.54, 1.807) is 0 Å². The molecule has 0 radical (unpaired) electrons. The molecule has 1 fully saturated rings. The van der Waals surface area contributed by atoms with Crippen molar-refractivity contribution in [2.45, 2.75) is 64.3 Å². The molecule has 0 amide bonds. The molecule has 3 heterocycles. The molecule has 0 bridgehead atoms. The number of halogens is 1. The van der Waals surface area contributed by atoms with Crippen molar-refractivity contribution in [2.75, 3.05) is 0 Å². The van der Waals surface area contributed by atoms with E-state index in [4.69, 9.17) is 16.7 Å². The Kier molecular flexibility index (Phi) is 4.80. The Balaban J connectivity index is 0.000000164. The minimum atomic E-state index is -1.20. The van der Waals surface area contributed by atoms with Gasteiger partial charge in [-0.1, -0.05) is 11.6 Å². The third kappa shape index (κ3) is 3.97. The average molecular weight is 327 g/mol. The molecule has 22 heavy (non-hydrogen) atoms. The first-order valence-corrected chi connectivity index (χ1v) is 7.82. The van der Waals surface area contributed by atoms with Gasteiger partial charge >= 0.3 is 5.97 Å². The van der Waals surface area contributed by atoms with Crippen molar-refractivity contribution in [1.82, 2.24) is 10.3 Å². The molecule has 122 valence electrons. The fraction of sp³-hybridized carbons (Fsp3) is 0.625. The lowest BCUT2D eigenvalue weighted by atomic mass is 9.83. The number of aliphatic hydroxyl groups is 1. The van der Waals surface area contributed by atoms with Gasteiger partial charge in [-0.25, -0.2) is 9.78 Å². The summed E-state index contributed by atoms with van der Waals surface area (Å²) in [6.07, 6.45) is 4.21. The number of aromatic nitrogens is 1. The second-order valence-corrected chi connectivity index (χ2v) is 7.43. The van der Waals surface area contributed by atoms with Crippen LogP contribution in [0.25, 0.3) is 0 Å². The van der Waals surface area contributed by atoms with Crippen LogP contribution in [0.1, 0.15) is 69.2 Å². The van der Waals surface area contributed by atoms with E-state index in [1.165, 1.54) is 31.5 Å². The molecule has 2 aliphatic rings. The minimum absolute atomic E-state index is 0.0639. The molecule has 0 aliphatic carbocycles. The molecule has 2 aliphatic heterocycles. The molecule has 0 spiro atoms. The first-order chi connectivity index (χ1) is 10.1. The van der Waals surface area contributed by atoms with E-state index in [-0.39, 0.29) is 10.7 Å². The number of piperidine rings is 1. The lowest BCUT2D eigenvalue weighted by molar-refractivity contribution is -0.0547. The van der Waals surface area contributed by atoms with Gasteiger partial charge in [-0.15, -0.1) is 0 Å². The standard InChI is InChI=1S/C9H19N.C7H4ClNO3/c1-8(2)6-5-7-9(3,4)10-8;8-5-4-3(1-2-9-5)6(10)12-7(4)11/h10H,5-7H2,1-4H3;1-2,6,10H. The number of pyridine rings is 1. The van der Waals surface area contributed by atoms with Crippen LogP contribution < -0.4 is 5.32 Å². The summed E-state index contributed by atoms with van der Waals surface area (Å²) >= 11 is 5.61. The average Bonchev–Trinajstić information content (AvgIpc) is 2.64. The van der Waals surface area contributed by atoms with Crippen molar-refractivity contribution in [2.24, 2.45) is 0 Å². The lowest BCUT2D eigenvalue weighted by Gasteiger charge is -2.42. The molecular formula is C16H23ClN2O3. The van der Waals surface area contributed by atoms with Crippen molar-refractivity contribution < 1.29 is 14.6 Å². The summed E-state index contributed by atoms with van der Waals surface area (Å²) in [7, 11) is 0.